The molecule has 1 aromatic carbocycles. The van der Waals surface area contributed by atoms with E-state index >= 15 is 0 Å². The van der Waals surface area contributed by atoms with Gasteiger partial charge in [-0.05, 0) is 49.4 Å². The molecule has 0 aliphatic heterocycles. The maximum Gasteiger partial charge on any atom is 0.244 e. The summed E-state index contributed by atoms with van der Waals surface area (Å²) in [6.07, 6.45) is 3.27. The number of ether oxygens (including phenoxy) is 1. The maximum absolute atomic E-state index is 12.4. The molecule has 1 aromatic rings. The summed E-state index contributed by atoms with van der Waals surface area (Å²) in [5, 5.41) is 3.27. The molecule has 0 atom stereocenters. The molecule has 21 heavy (non-hydrogen) atoms. The lowest BCUT2D eigenvalue weighted by Gasteiger charge is -2.12. The van der Waals surface area contributed by atoms with Crippen molar-refractivity contribution >= 4 is 10.0 Å². The third-order valence-corrected chi connectivity index (χ3v) is 4.98. The monoisotopic (exact) mass is 312 g/mol. The van der Waals surface area contributed by atoms with Gasteiger partial charge in [0.1, 0.15) is 10.6 Å². The van der Waals surface area contributed by atoms with Crippen LogP contribution in [-0.2, 0) is 16.6 Å². The van der Waals surface area contributed by atoms with Crippen molar-refractivity contribution < 1.29 is 13.2 Å². The van der Waals surface area contributed by atoms with Crippen LogP contribution in [0.2, 0.25) is 0 Å². The lowest BCUT2D eigenvalue weighted by molar-refractivity contribution is 0.402. The molecule has 1 aliphatic rings. The summed E-state index contributed by atoms with van der Waals surface area (Å²) in [6, 6.07) is 5.30. The predicted molar refractivity (Wildman–Crippen MR) is 82.9 cm³/mol. The third kappa shape index (κ3) is 4.69. The van der Waals surface area contributed by atoms with E-state index in [4.69, 9.17) is 4.74 Å². The zero-order chi connectivity index (χ0) is 15.3. The second kappa shape index (κ2) is 7.24. The van der Waals surface area contributed by atoms with Crippen LogP contribution in [0.5, 0.6) is 5.75 Å². The Morgan fingerprint density at radius 1 is 1.33 bits per heavy atom. The Morgan fingerprint density at radius 2 is 2.10 bits per heavy atom. The minimum atomic E-state index is -3.51. The summed E-state index contributed by atoms with van der Waals surface area (Å²) in [6.45, 7) is 4.18. The Labute approximate surface area is 127 Å². The molecular weight excluding hydrogens is 288 g/mol. The lowest BCUT2D eigenvalue weighted by Crippen LogP contribution is -2.26. The second-order valence-corrected chi connectivity index (χ2v) is 7.19. The molecule has 1 fully saturated rings. The van der Waals surface area contributed by atoms with Crippen molar-refractivity contribution in [3.63, 3.8) is 0 Å². The average molecular weight is 312 g/mol. The fraction of sp³-hybridized carbons (Fsp3) is 0.600. The summed E-state index contributed by atoms with van der Waals surface area (Å²) in [5.41, 5.74) is 0.941. The molecule has 0 radical (unpaired) electrons. The summed E-state index contributed by atoms with van der Waals surface area (Å²) in [7, 11) is -2.02. The SMILES string of the molecule is CCCNCc1ccc(OC)c(S(=O)(=O)NCC2CC2)c1. The van der Waals surface area contributed by atoms with Crippen LogP contribution in [-0.4, -0.2) is 28.6 Å². The quantitative estimate of drug-likeness (QED) is 0.683. The maximum atomic E-state index is 12.4. The van der Waals surface area contributed by atoms with Crippen LogP contribution >= 0.6 is 0 Å². The number of nitrogens with one attached hydrogen (secondary N) is 2. The van der Waals surface area contributed by atoms with E-state index in [1.165, 1.54) is 7.11 Å². The molecule has 2 N–H and O–H groups in total. The zero-order valence-electron chi connectivity index (χ0n) is 12.7. The molecule has 6 heteroatoms. The van der Waals surface area contributed by atoms with Gasteiger partial charge in [-0.2, -0.15) is 0 Å². The normalized spacial score (nSPS) is 15.1. The first kappa shape index (κ1) is 16.3. The van der Waals surface area contributed by atoms with Crippen molar-refractivity contribution in [3.8, 4) is 5.75 Å². The van der Waals surface area contributed by atoms with Crippen molar-refractivity contribution in [2.45, 2.75) is 37.6 Å². The summed E-state index contributed by atoms with van der Waals surface area (Å²) in [5.74, 6) is 0.887. The van der Waals surface area contributed by atoms with Crippen molar-refractivity contribution in [3.05, 3.63) is 23.8 Å². The molecule has 0 unspecified atom stereocenters. The first-order chi connectivity index (χ1) is 10.1. The smallest absolute Gasteiger partial charge is 0.244 e. The van der Waals surface area contributed by atoms with E-state index in [-0.39, 0.29) is 4.90 Å². The number of rotatable bonds is 9. The Morgan fingerprint density at radius 3 is 2.71 bits per heavy atom. The molecular formula is C15H24N2O3S. The van der Waals surface area contributed by atoms with Gasteiger partial charge in [0.15, 0.2) is 0 Å². The highest BCUT2D eigenvalue weighted by atomic mass is 32.2. The Bertz CT molecular complexity index is 568. The second-order valence-electron chi connectivity index (χ2n) is 5.46. The van der Waals surface area contributed by atoms with Gasteiger partial charge in [0.25, 0.3) is 0 Å². The number of methoxy groups -OCH3 is 1. The van der Waals surface area contributed by atoms with Gasteiger partial charge in [-0.15, -0.1) is 0 Å². The van der Waals surface area contributed by atoms with Crippen LogP contribution in [0.15, 0.2) is 23.1 Å². The Balaban J connectivity index is 2.15. The molecule has 1 aliphatic carbocycles. The average Bonchev–Trinajstić information content (AvgIpc) is 3.30. The van der Waals surface area contributed by atoms with Crippen molar-refractivity contribution in [2.24, 2.45) is 5.92 Å². The number of benzene rings is 1. The molecule has 0 amide bonds. The molecule has 0 spiro atoms. The largest absolute Gasteiger partial charge is 0.495 e. The van der Waals surface area contributed by atoms with Crippen LogP contribution < -0.4 is 14.8 Å². The van der Waals surface area contributed by atoms with E-state index in [9.17, 15) is 8.42 Å². The topological polar surface area (TPSA) is 67.4 Å². The third-order valence-electron chi connectivity index (χ3n) is 3.53. The molecule has 0 heterocycles. The van der Waals surface area contributed by atoms with Gasteiger partial charge < -0.3 is 10.1 Å². The zero-order valence-corrected chi connectivity index (χ0v) is 13.5. The van der Waals surface area contributed by atoms with Gasteiger partial charge in [-0.3, -0.25) is 0 Å². The van der Waals surface area contributed by atoms with E-state index in [0.717, 1.165) is 31.4 Å². The molecule has 0 aromatic heterocycles. The predicted octanol–water partition coefficient (Wildman–Crippen LogP) is 1.88. The molecule has 0 bridgehead atoms. The first-order valence-corrected chi connectivity index (χ1v) is 8.92. The Hall–Kier alpha value is -1.11. The molecule has 118 valence electrons. The van der Waals surface area contributed by atoms with Crippen molar-refractivity contribution in [1.82, 2.24) is 10.0 Å². The number of sulfonamides is 1. The first-order valence-electron chi connectivity index (χ1n) is 7.44. The summed E-state index contributed by atoms with van der Waals surface area (Å²) >= 11 is 0. The van der Waals surface area contributed by atoms with Crippen LogP contribution in [0.3, 0.4) is 0 Å². The van der Waals surface area contributed by atoms with Gasteiger partial charge in [0.2, 0.25) is 10.0 Å². The van der Waals surface area contributed by atoms with Gasteiger partial charge >= 0.3 is 0 Å². The van der Waals surface area contributed by atoms with E-state index in [1.807, 2.05) is 6.07 Å². The van der Waals surface area contributed by atoms with Crippen LogP contribution in [0.4, 0.5) is 0 Å². The van der Waals surface area contributed by atoms with Gasteiger partial charge in [-0.1, -0.05) is 13.0 Å². The van der Waals surface area contributed by atoms with Crippen molar-refractivity contribution in [1.29, 1.82) is 0 Å². The van der Waals surface area contributed by atoms with Gasteiger partial charge in [0, 0.05) is 13.1 Å². The van der Waals surface area contributed by atoms with E-state index in [2.05, 4.69) is 17.0 Å². The standard InChI is InChI=1S/C15H24N2O3S/c1-3-8-16-10-13-6-7-14(20-2)15(9-13)21(18,19)17-11-12-4-5-12/h6-7,9,12,16-17H,3-5,8,10-11H2,1-2H3. The van der Waals surface area contributed by atoms with Crippen molar-refractivity contribution in [2.75, 3.05) is 20.2 Å². The summed E-state index contributed by atoms with van der Waals surface area (Å²) < 4.78 is 32.7. The van der Waals surface area contributed by atoms with Gasteiger partial charge in [0.05, 0.1) is 7.11 Å². The van der Waals surface area contributed by atoms with Crippen LogP contribution in [0.1, 0.15) is 31.7 Å². The number of hydrogen-bond donors (Lipinski definition) is 2. The molecule has 0 saturated heterocycles. The van der Waals surface area contributed by atoms with Crippen LogP contribution in [0.25, 0.3) is 0 Å². The minimum Gasteiger partial charge on any atom is -0.495 e. The molecule has 1 saturated carbocycles. The van der Waals surface area contributed by atoms with E-state index in [1.54, 1.807) is 12.1 Å². The highest BCUT2D eigenvalue weighted by Gasteiger charge is 2.26. The van der Waals surface area contributed by atoms with Crippen LogP contribution in [0, 0.1) is 5.92 Å². The Kier molecular flexibility index (Phi) is 5.61. The lowest BCUT2D eigenvalue weighted by atomic mass is 10.2. The molecule has 2 rings (SSSR count). The fourth-order valence-corrected chi connectivity index (χ4v) is 3.41. The highest BCUT2D eigenvalue weighted by Crippen LogP contribution is 2.29. The molecule has 5 nitrogen and oxygen atoms in total. The van der Waals surface area contributed by atoms with Gasteiger partial charge in [-0.25, -0.2) is 13.1 Å². The van der Waals surface area contributed by atoms with E-state index < -0.39 is 10.0 Å². The van der Waals surface area contributed by atoms with E-state index in [0.29, 0.717) is 24.8 Å². The summed E-state index contributed by atoms with van der Waals surface area (Å²) in [4.78, 5) is 0.224. The highest BCUT2D eigenvalue weighted by molar-refractivity contribution is 7.89. The minimum absolute atomic E-state index is 0.224. The number of hydrogen-bond acceptors (Lipinski definition) is 4. The fourth-order valence-electron chi connectivity index (χ4n) is 2.08.